The molecule has 1 amide bonds. The number of hydrogen-bond acceptors (Lipinski definition) is 8. The van der Waals surface area contributed by atoms with Gasteiger partial charge in [0, 0.05) is 42.6 Å². The molecule has 0 radical (unpaired) electrons. The number of pyridine rings is 1. The maximum absolute atomic E-state index is 13.1. The van der Waals surface area contributed by atoms with E-state index in [1.54, 1.807) is 29.4 Å². The van der Waals surface area contributed by atoms with Crippen LogP contribution in [0, 0.1) is 11.3 Å². The van der Waals surface area contributed by atoms with Gasteiger partial charge in [0.05, 0.1) is 12.1 Å². The predicted octanol–water partition coefficient (Wildman–Crippen LogP) is 3.81. The summed E-state index contributed by atoms with van der Waals surface area (Å²) >= 11 is 1.26. The normalized spacial score (nSPS) is 13.3. The van der Waals surface area contributed by atoms with Gasteiger partial charge >= 0.3 is 6.18 Å². The highest BCUT2D eigenvalue weighted by Gasteiger charge is 2.35. The lowest BCUT2D eigenvalue weighted by atomic mass is 10.0. The lowest BCUT2D eigenvalue weighted by Crippen LogP contribution is -2.35. The Morgan fingerprint density at radius 3 is 2.72 bits per heavy atom. The number of hydrogen-bond donors (Lipinski definition) is 2. The van der Waals surface area contributed by atoms with Crippen molar-refractivity contribution < 1.29 is 18.0 Å². The van der Waals surface area contributed by atoms with Crippen LogP contribution in [0.15, 0.2) is 30.7 Å². The minimum atomic E-state index is -4.60. The molecule has 0 spiro atoms. The summed E-state index contributed by atoms with van der Waals surface area (Å²) in [5.74, 6) is -0.574. The molecule has 0 aliphatic carbocycles. The number of aromatic nitrogens is 3. The molecule has 3 aromatic heterocycles. The van der Waals surface area contributed by atoms with E-state index < -0.39 is 11.7 Å². The molecule has 0 saturated heterocycles. The van der Waals surface area contributed by atoms with Crippen molar-refractivity contribution in [3.05, 3.63) is 57.9 Å². The fourth-order valence-electron chi connectivity index (χ4n) is 3.40. The van der Waals surface area contributed by atoms with Gasteiger partial charge in [-0.05, 0) is 24.1 Å². The lowest BCUT2D eigenvalue weighted by molar-refractivity contribution is -0.137. The molecule has 164 valence electrons. The molecule has 0 saturated carbocycles. The number of carbonyl (C=O) groups excluding carboxylic acids is 1. The second-order valence-corrected chi connectivity index (χ2v) is 7.97. The molecule has 1 aliphatic heterocycles. The number of alkyl halides is 3. The van der Waals surface area contributed by atoms with Gasteiger partial charge in [-0.15, -0.1) is 11.3 Å². The number of halogens is 3. The molecule has 0 unspecified atom stereocenters. The molecule has 0 aromatic carbocycles. The van der Waals surface area contributed by atoms with Crippen LogP contribution >= 0.6 is 11.3 Å². The molecule has 4 rings (SSSR count). The van der Waals surface area contributed by atoms with Gasteiger partial charge < -0.3 is 15.5 Å². The van der Waals surface area contributed by atoms with E-state index in [1.165, 1.54) is 18.4 Å². The van der Waals surface area contributed by atoms with Crippen molar-refractivity contribution in [2.75, 3.05) is 24.2 Å². The Bertz CT molecular complexity index is 1200. The van der Waals surface area contributed by atoms with Gasteiger partial charge in [-0.3, -0.25) is 9.78 Å². The summed E-state index contributed by atoms with van der Waals surface area (Å²) in [5, 5.41) is 15.4. The van der Waals surface area contributed by atoms with Crippen LogP contribution in [-0.2, 0) is 19.1 Å². The molecule has 8 nitrogen and oxygen atoms in total. The molecule has 1 aliphatic rings. The van der Waals surface area contributed by atoms with Crippen molar-refractivity contribution in [1.82, 2.24) is 19.9 Å². The van der Waals surface area contributed by atoms with Gasteiger partial charge in [-0.1, -0.05) is 0 Å². The number of nitrogens with zero attached hydrogens (tertiary/aromatic N) is 5. The third kappa shape index (κ3) is 4.06. The number of nitriles is 1. The SMILES string of the molecule is CNc1nc(Nc2sc3c(c2C#N)CCN(C(=O)c2ccncc2)C3)ncc1C(F)(F)F. The number of anilines is 3. The van der Waals surface area contributed by atoms with Crippen molar-refractivity contribution in [1.29, 1.82) is 5.26 Å². The van der Waals surface area contributed by atoms with Crippen LogP contribution in [0.25, 0.3) is 0 Å². The van der Waals surface area contributed by atoms with E-state index in [4.69, 9.17) is 0 Å². The summed E-state index contributed by atoms with van der Waals surface area (Å²) in [6.07, 6.45) is -0.319. The minimum Gasteiger partial charge on any atom is -0.372 e. The van der Waals surface area contributed by atoms with Crippen molar-refractivity contribution >= 4 is 34.0 Å². The first-order chi connectivity index (χ1) is 15.3. The second-order valence-electron chi connectivity index (χ2n) is 6.86. The fraction of sp³-hybridized carbons (Fsp3) is 0.250. The Morgan fingerprint density at radius 2 is 2.06 bits per heavy atom. The van der Waals surface area contributed by atoms with E-state index in [-0.39, 0.29) is 17.7 Å². The van der Waals surface area contributed by atoms with E-state index in [2.05, 4.69) is 31.7 Å². The highest BCUT2D eigenvalue weighted by molar-refractivity contribution is 7.16. The topological polar surface area (TPSA) is 107 Å². The Morgan fingerprint density at radius 1 is 1.31 bits per heavy atom. The summed E-state index contributed by atoms with van der Waals surface area (Å²) in [6.45, 7) is 0.771. The minimum absolute atomic E-state index is 0.0674. The maximum Gasteiger partial charge on any atom is 0.421 e. The Kier molecular flexibility index (Phi) is 5.67. The summed E-state index contributed by atoms with van der Waals surface area (Å²) in [4.78, 5) is 26.8. The smallest absolute Gasteiger partial charge is 0.372 e. The fourth-order valence-corrected chi connectivity index (χ4v) is 4.61. The molecule has 3 aromatic rings. The van der Waals surface area contributed by atoms with Crippen LogP contribution in [0.3, 0.4) is 0 Å². The Labute approximate surface area is 184 Å². The van der Waals surface area contributed by atoms with Crippen LogP contribution in [-0.4, -0.2) is 39.4 Å². The predicted molar refractivity (Wildman–Crippen MR) is 112 cm³/mol. The van der Waals surface area contributed by atoms with Crippen LogP contribution in [0.2, 0.25) is 0 Å². The van der Waals surface area contributed by atoms with Gasteiger partial charge in [0.2, 0.25) is 5.95 Å². The summed E-state index contributed by atoms with van der Waals surface area (Å²) in [5.41, 5.74) is 0.744. The first-order valence-electron chi connectivity index (χ1n) is 9.44. The molecule has 4 heterocycles. The van der Waals surface area contributed by atoms with E-state index in [0.29, 0.717) is 41.8 Å². The van der Waals surface area contributed by atoms with E-state index in [1.807, 2.05) is 0 Å². The number of thiophene rings is 1. The van der Waals surface area contributed by atoms with Crippen molar-refractivity contribution in [2.24, 2.45) is 0 Å². The molecule has 32 heavy (non-hydrogen) atoms. The Hall–Kier alpha value is -3.72. The van der Waals surface area contributed by atoms with Gasteiger partial charge in [-0.25, -0.2) is 4.98 Å². The van der Waals surface area contributed by atoms with E-state index in [9.17, 15) is 23.2 Å². The van der Waals surface area contributed by atoms with Gasteiger partial charge in [-0.2, -0.15) is 23.4 Å². The molecule has 12 heteroatoms. The summed E-state index contributed by atoms with van der Waals surface area (Å²) in [6, 6.07) is 5.43. The first kappa shape index (κ1) is 21.5. The highest BCUT2D eigenvalue weighted by atomic mass is 32.1. The van der Waals surface area contributed by atoms with E-state index in [0.717, 1.165) is 10.4 Å². The van der Waals surface area contributed by atoms with Gasteiger partial charge in [0.25, 0.3) is 5.91 Å². The molecular weight excluding hydrogens is 443 g/mol. The number of nitrogens with one attached hydrogen (secondary N) is 2. The van der Waals surface area contributed by atoms with Crippen LogP contribution in [0.1, 0.15) is 31.9 Å². The average Bonchev–Trinajstić information content (AvgIpc) is 3.14. The first-order valence-corrected chi connectivity index (χ1v) is 10.3. The number of carbonyl (C=O) groups is 1. The summed E-state index contributed by atoms with van der Waals surface area (Å²) < 4.78 is 39.2. The molecule has 0 fully saturated rings. The average molecular weight is 459 g/mol. The largest absolute Gasteiger partial charge is 0.421 e. The third-order valence-corrected chi connectivity index (χ3v) is 6.07. The Balaban J connectivity index is 1.60. The lowest BCUT2D eigenvalue weighted by Gasteiger charge is -2.27. The molecule has 0 bridgehead atoms. The molecular formula is C20H16F3N7OS. The van der Waals surface area contributed by atoms with Crippen LogP contribution in [0.4, 0.5) is 29.9 Å². The van der Waals surface area contributed by atoms with Gasteiger partial charge in [0.15, 0.2) is 0 Å². The molecule has 0 atom stereocenters. The zero-order valence-electron chi connectivity index (χ0n) is 16.7. The summed E-state index contributed by atoms with van der Waals surface area (Å²) in [7, 11) is 1.33. The zero-order valence-corrected chi connectivity index (χ0v) is 17.5. The maximum atomic E-state index is 13.1. The third-order valence-electron chi connectivity index (χ3n) is 4.94. The number of fused-ring (bicyclic) bond motifs is 1. The zero-order chi connectivity index (χ0) is 22.9. The monoisotopic (exact) mass is 459 g/mol. The van der Waals surface area contributed by atoms with Crippen LogP contribution in [0.5, 0.6) is 0 Å². The van der Waals surface area contributed by atoms with Crippen LogP contribution < -0.4 is 10.6 Å². The quantitative estimate of drug-likeness (QED) is 0.611. The standard InChI is InChI=1S/C20H16F3N7OS/c1-25-16-14(20(21,22)23)9-27-19(28-16)29-17-13(8-24)12-4-7-30(10-15(12)32-17)18(31)11-2-5-26-6-3-11/h2-3,5-6,9H,4,7,10H2,1H3,(H2,25,27,28,29). The molecule has 2 N–H and O–H groups in total. The van der Waals surface area contributed by atoms with Gasteiger partial charge in [0.1, 0.15) is 22.5 Å². The van der Waals surface area contributed by atoms with Crippen molar-refractivity contribution in [3.63, 3.8) is 0 Å². The van der Waals surface area contributed by atoms with Crippen molar-refractivity contribution in [2.45, 2.75) is 19.1 Å². The van der Waals surface area contributed by atoms with Crippen molar-refractivity contribution in [3.8, 4) is 6.07 Å². The number of rotatable bonds is 4. The second kappa shape index (κ2) is 8.43. The van der Waals surface area contributed by atoms with E-state index >= 15 is 0 Å². The number of amides is 1. The highest BCUT2D eigenvalue weighted by Crippen LogP contribution is 2.39.